The molecule has 0 amide bonds. The molecule has 1 heterocycles. The molecule has 4 heteroatoms. The van der Waals surface area contributed by atoms with Crippen molar-refractivity contribution in [2.75, 3.05) is 0 Å². The van der Waals surface area contributed by atoms with E-state index in [9.17, 15) is 0 Å². The summed E-state index contributed by atoms with van der Waals surface area (Å²) in [7, 11) is 1.95. The molecule has 0 saturated carbocycles. The predicted molar refractivity (Wildman–Crippen MR) is 79.4 cm³/mol. The minimum Gasteiger partial charge on any atom is -0.485 e. The first-order valence-corrected chi connectivity index (χ1v) is 6.59. The molecule has 3 aromatic rings. The normalized spacial score (nSPS) is 10.9. The fourth-order valence-corrected chi connectivity index (χ4v) is 2.27. The highest BCUT2D eigenvalue weighted by atomic mass is 16.5. The molecule has 2 aromatic carbocycles. The molecule has 0 atom stereocenters. The van der Waals surface area contributed by atoms with Gasteiger partial charge in [-0.1, -0.05) is 36.4 Å². The van der Waals surface area contributed by atoms with E-state index in [1.165, 1.54) is 5.39 Å². The Labute approximate surface area is 117 Å². The molecule has 0 aliphatic carbocycles. The van der Waals surface area contributed by atoms with Gasteiger partial charge in [0.1, 0.15) is 18.2 Å². The van der Waals surface area contributed by atoms with E-state index in [0.717, 1.165) is 22.7 Å². The number of nitrogens with two attached hydrogens (primary N) is 1. The number of hydrogen-bond donors (Lipinski definition) is 1. The van der Waals surface area contributed by atoms with Crippen LogP contribution >= 0.6 is 0 Å². The van der Waals surface area contributed by atoms with Crippen LogP contribution in [-0.4, -0.2) is 9.55 Å². The Balaban J connectivity index is 1.85. The number of aromatic nitrogens is 2. The fourth-order valence-electron chi connectivity index (χ4n) is 2.27. The van der Waals surface area contributed by atoms with Crippen LogP contribution in [0.3, 0.4) is 0 Å². The summed E-state index contributed by atoms with van der Waals surface area (Å²) in [5, 5.41) is 2.29. The first-order valence-electron chi connectivity index (χ1n) is 6.59. The van der Waals surface area contributed by atoms with Gasteiger partial charge in [-0.2, -0.15) is 0 Å². The Morgan fingerprint density at radius 1 is 1.15 bits per heavy atom. The van der Waals surface area contributed by atoms with Crippen LogP contribution in [0.25, 0.3) is 10.8 Å². The number of hydrogen-bond acceptors (Lipinski definition) is 3. The number of ether oxygens (including phenoxy) is 1. The van der Waals surface area contributed by atoms with Crippen LogP contribution < -0.4 is 10.5 Å². The van der Waals surface area contributed by atoms with Crippen molar-refractivity contribution >= 4 is 10.8 Å². The lowest BCUT2D eigenvalue weighted by Crippen LogP contribution is -2.03. The smallest absolute Gasteiger partial charge is 0.146 e. The van der Waals surface area contributed by atoms with Gasteiger partial charge < -0.3 is 15.0 Å². The minimum atomic E-state index is 0.435. The van der Waals surface area contributed by atoms with E-state index >= 15 is 0 Å². The second kappa shape index (κ2) is 5.35. The fraction of sp³-hybridized carbons (Fsp3) is 0.188. The lowest BCUT2D eigenvalue weighted by molar-refractivity contribution is 0.295. The molecule has 0 aliphatic rings. The quantitative estimate of drug-likeness (QED) is 0.790. The zero-order valence-corrected chi connectivity index (χ0v) is 11.4. The highest BCUT2D eigenvalue weighted by Gasteiger charge is 2.06. The van der Waals surface area contributed by atoms with Gasteiger partial charge >= 0.3 is 0 Å². The topological polar surface area (TPSA) is 53.1 Å². The Morgan fingerprint density at radius 3 is 2.75 bits per heavy atom. The molecule has 0 bridgehead atoms. The van der Waals surface area contributed by atoms with Gasteiger partial charge in [-0.3, -0.25) is 0 Å². The molecule has 102 valence electrons. The van der Waals surface area contributed by atoms with Crippen LogP contribution in [0, 0.1) is 0 Å². The Morgan fingerprint density at radius 2 is 1.95 bits per heavy atom. The van der Waals surface area contributed by atoms with E-state index in [-0.39, 0.29) is 0 Å². The van der Waals surface area contributed by atoms with Crippen molar-refractivity contribution in [2.45, 2.75) is 13.2 Å². The summed E-state index contributed by atoms with van der Waals surface area (Å²) in [4.78, 5) is 4.44. The number of benzene rings is 2. The van der Waals surface area contributed by atoms with Gasteiger partial charge in [0.2, 0.25) is 0 Å². The maximum Gasteiger partial charge on any atom is 0.146 e. The van der Waals surface area contributed by atoms with E-state index < -0.39 is 0 Å². The molecular formula is C16H17N3O. The monoisotopic (exact) mass is 267 g/mol. The first-order chi connectivity index (χ1) is 9.78. The van der Waals surface area contributed by atoms with Crippen molar-refractivity contribution in [1.29, 1.82) is 0 Å². The Kier molecular flexibility index (Phi) is 3.39. The van der Waals surface area contributed by atoms with Gasteiger partial charge in [-0.25, -0.2) is 4.98 Å². The summed E-state index contributed by atoms with van der Waals surface area (Å²) in [5.41, 5.74) is 6.48. The van der Waals surface area contributed by atoms with E-state index in [2.05, 4.69) is 23.2 Å². The molecule has 0 spiro atoms. The summed E-state index contributed by atoms with van der Waals surface area (Å²) in [6, 6.07) is 14.2. The number of imidazole rings is 1. The molecule has 0 fully saturated rings. The lowest BCUT2D eigenvalue weighted by Gasteiger charge is -2.09. The maximum absolute atomic E-state index is 5.92. The minimum absolute atomic E-state index is 0.435. The molecule has 2 N–H and O–H groups in total. The average molecular weight is 267 g/mol. The molecule has 0 radical (unpaired) electrons. The maximum atomic E-state index is 5.92. The largest absolute Gasteiger partial charge is 0.485 e. The summed E-state index contributed by atoms with van der Waals surface area (Å²) in [6.45, 7) is 0.882. The SMILES string of the molecule is Cn1cc(CN)nc1COc1cccc2ccccc12. The van der Waals surface area contributed by atoms with Crippen LogP contribution in [0.1, 0.15) is 11.5 Å². The van der Waals surface area contributed by atoms with E-state index in [4.69, 9.17) is 10.5 Å². The van der Waals surface area contributed by atoms with Gasteiger partial charge in [0.25, 0.3) is 0 Å². The number of aryl methyl sites for hydroxylation is 1. The molecule has 0 aliphatic heterocycles. The van der Waals surface area contributed by atoms with Gasteiger partial charge in [0, 0.05) is 25.2 Å². The highest BCUT2D eigenvalue weighted by molar-refractivity contribution is 5.88. The average Bonchev–Trinajstić information content (AvgIpc) is 2.85. The zero-order valence-electron chi connectivity index (χ0n) is 11.4. The third-order valence-corrected chi connectivity index (χ3v) is 3.34. The molecule has 20 heavy (non-hydrogen) atoms. The van der Waals surface area contributed by atoms with E-state index in [1.54, 1.807) is 0 Å². The van der Waals surface area contributed by atoms with Crippen molar-refractivity contribution in [3.8, 4) is 5.75 Å². The Hall–Kier alpha value is -2.33. The third-order valence-electron chi connectivity index (χ3n) is 3.34. The van der Waals surface area contributed by atoms with Gasteiger partial charge in [0.15, 0.2) is 0 Å². The van der Waals surface area contributed by atoms with E-state index in [0.29, 0.717) is 13.2 Å². The zero-order chi connectivity index (χ0) is 13.9. The van der Waals surface area contributed by atoms with Crippen LogP contribution in [0.2, 0.25) is 0 Å². The summed E-state index contributed by atoms with van der Waals surface area (Å²) < 4.78 is 7.87. The first kappa shape index (κ1) is 12.7. The van der Waals surface area contributed by atoms with Crippen molar-refractivity contribution in [3.63, 3.8) is 0 Å². The van der Waals surface area contributed by atoms with Crippen LogP contribution in [0.4, 0.5) is 0 Å². The van der Waals surface area contributed by atoms with Crippen molar-refractivity contribution in [1.82, 2.24) is 9.55 Å². The van der Waals surface area contributed by atoms with Gasteiger partial charge in [-0.15, -0.1) is 0 Å². The molecule has 1 aromatic heterocycles. The Bertz CT molecular complexity index is 728. The number of nitrogens with zero attached hydrogens (tertiary/aromatic N) is 2. The van der Waals surface area contributed by atoms with E-state index in [1.807, 2.05) is 42.1 Å². The summed E-state index contributed by atoms with van der Waals surface area (Å²) in [6.07, 6.45) is 1.93. The molecule has 3 rings (SSSR count). The highest BCUT2D eigenvalue weighted by Crippen LogP contribution is 2.25. The van der Waals surface area contributed by atoms with Gasteiger partial charge in [0.05, 0.1) is 5.69 Å². The van der Waals surface area contributed by atoms with Crippen LogP contribution in [-0.2, 0) is 20.2 Å². The molecule has 4 nitrogen and oxygen atoms in total. The summed E-state index contributed by atoms with van der Waals surface area (Å²) in [5.74, 6) is 1.75. The molecular weight excluding hydrogens is 250 g/mol. The summed E-state index contributed by atoms with van der Waals surface area (Å²) >= 11 is 0. The van der Waals surface area contributed by atoms with Crippen molar-refractivity contribution in [3.05, 3.63) is 60.2 Å². The lowest BCUT2D eigenvalue weighted by atomic mass is 10.1. The van der Waals surface area contributed by atoms with Crippen LogP contribution in [0.5, 0.6) is 5.75 Å². The standard InChI is InChI=1S/C16H17N3O/c1-19-10-13(9-17)18-16(19)11-20-15-8-4-6-12-5-2-3-7-14(12)15/h2-8,10H,9,11,17H2,1H3. The number of fused-ring (bicyclic) bond motifs is 1. The van der Waals surface area contributed by atoms with Crippen molar-refractivity contribution in [2.24, 2.45) is 12.8 Å². The predicted octanol–water partition coefficient (Wildman–Crippen LogP) is 2.61. The third kappa shape index (κ3) is 2.38. The van der Waals surface area contributed by atoms with Crippen molar-refractivity contribution < 1.29 is 4.74 Å². The second-order valence-corrected chi connectivity index (χ2v) is 4.73. The molecule has 0 saturated heterocycles. The van der Waals surface area contributed by atoms with Crippen LogP contribution in [0.15, 0.2) is 48.7 Å². The van der Waals surface area contributed by atoms with Gasteiger partial charge in [-0.05, 0) is 11.5 Å². The molecule has 0 unspecified atom stereocenters. The number of rotatable bonds is 4. The second-order valence-electron chi connectivity index (χ2n) is 4.73.